The molecule has 0 spiro atoms. The average molecular weight is 484 g/mol. The van der Waals surface area contributed by atoms with Crippen LogP contribution in [0.3, 0.4) is 0 Å². The predicted molar refractivity (Wildman–Crippen MR) is 1.11 cm³/mol. The van der Waals surface area contributed by atoms with Gasteiger partial charge < -0.3 is 20.6 Å². The Balaban J connectivity index is -0.0000000300. The molecule has 0 amide bonds. The Bertz CT molecular complexity index is 31.2. The fraction of sp³-hybridized carbons (Fsp3) is 0. The van der Waals surface area contributed by atoms with Gasteiger partial charge in [0.2, 0.25) is 0 Å². The van der Waals surface area contributed by atoms with Crippen molar-refractivity contribution in [1.29, 1.82) is 0 Å². The molecule has 0 saturated heterocycles. The number of halogens is 2. The number of hydrogen-bond acceptors (Lipinski definition) is 6. The van der Waals surface area contributed by atoms with Crippen LogP contribution >= 0.6 is 0 Å². The van der Waals surface area contributed by atoms with E-state index in [9.17, 15) is 0 Å². The van der Waals surface area contributed by atoms with Crippen LogP contribution in [0.2, 0.25) is 0 Å². The third-order valence-corrected chi connectivity index (χ3v) is 0. The topological polar surface area (TPSA) is 138 Å². The van der Waals surface area contributed by atoms with E-state index in [4.69, 9.17) is 20.6 Å². The van der Waals surface area contributed by atoms with Crippen LogP contribution in [0.1, 0.15) is 1.43 Å². The summed E-state index contributed by atoms with van der Waals surface area (Å²) in [5.41, 5.74) is 0. The van der Waals surface area contributed by atoms with Gasteiger partial charge in [0.1, 0.15) is 0 Å². The molecule has 9 heteroatoms. The molecule has 0 bridgehead atoms. The summed E-state index contributed by atoms with van der Waals surface area (Å²) in [7, 11) is 0. The molecule has 0 N–H and O–H groups in total. The molecule has 0 unspecified atom stereocenters. The third kappa shape index (κ3) is 90.5. The number of hydrogen-bond donors (Lipinski definition) is 0. The van der Waals surface area contributed by atoms with Gasteiger partial charge in [-0.25, -0.2) is 0 Å². The molecule has 0 radical (unpaired) electrons. The van der Waals surface area contributed by atoms with Gasteiger partial charge in [0, 0.05) is 0 Å². The molecular weight excluding hydrogens is 483 g/mol. The molecular formula is HCsI2O6. The van der Waals surface area contributed by atoms with E-state index in [2.05, 4.69) is 0 Å². The quantitative estimate of drug-likeness (QED) is 0.314. The zero-order chi connectivity index (χ0) is 7.15. The van der Waals surface area contributed by atoms with E-state index < -0.39 is 42.1 Å². The zero-order valence-electron chi connectivity index (χ0n) is 5.21. The van der Waals surface area contributed by atoms with Crippen LogP contribution < -0.4 is 132 Å². The molecule has 0 atom stereocenters. The minimum atomic E-state index is -4.01. The molecule has 0 aromatic rings. The minimum Gasteiger partial charge on any atom is -0.427 e. The summed E-state index contributed by atoms with van der Waals surface area (Å²) in [6.07, 6.45) is 0. The standard InChI is InChI=1S/Cs.2IO3/c;2*2-1(3)4/q+1;2*-1/p+1. The fourth-order valence-electron chi connectivity index (χ4n) is 0. The van der Waals surface area contributed by atoms with E-state index in [0.717, 1.165) is 0 Å². The predicted octanol–water partition coefficient (Wildman–Crippen LogP) is -16.0. The summed E-state index contributed by atoms with van der Waals surface area (Å²) in [5.74, 6) is 0. The molecule has 0 aromatic carbocycles. The minimum absolute atomic E-state index is 0. The second-order valence-corrected chi connectivity index (χ2v) is 2.54. The van der Waals surface area contributed by atoms with Gasteiger partial charge in [0.15, 0.2) is 0 Å². The maximum Gasteiger partial charge on any atom is 1.00 e. The SMILES string of the molecule is [Cs+].[H+].[O-][I+2]([O-])[O-].[O-][I+2]([O-])[O-]. The van der Waals surface area contributed by atoms with Gasteiger partial charge in [-0.15, -0.1) is 0 Å². The van der Waals surface area contributed by atoms with Crippen LogP contribution in [0.5, 0.6) is 0 Å². The van der Waals surface area contributed by atoms with E-state index >= 15 is 0 Å². The first-order valence-electron chi connectivity index (χ1n) is 0.926. The summed E-state index contributed by atoms with van der Waals surface area (Å²) in [6.45, 7) is 0. The van der Waals surface area contributed by atoms with Crippen molar-refractivity contribution < 1.29 is 133 Å². The Kier molecular flexibility index (Phi) is 27.9. The smallest absolute Gasteiger partial charge is 0.427 e. The van der Waals surface area contributed by atoms with Crippen molar-refractivity contribution in [3.8, 4) is 0 Å². The molecule has 52 valence electrons. The first kappa shape index (κ1) is 18.1. The summed E-state index contributed by atoms with van der Waals surface area (Å²) in [4.78, 5) is 0. The van der Waals surface area contributed by atoms with E-state index in [1.165, 1.54) is 0 Å². The van der Waals surface area contributed by atoms with Crippen LogP contribution in [0, 0.1) is 0 Å². The first-order chi connectivity index (χ1) is 3.46. The largest absolute Gasteiger partial charge is 1.00 e. The van der Waals surface area contributed by atoms with Crippen molar-refractivity contribution in [2.75, 3.05) is 0 Å². The molecule has 0 aliphatic carbocycles. The molecule has 0 saturated carbocycles. The third-order valence-electron chi connectivity index (χ3n) is 0. The van der Waals surface area contributed by atoms with Gasteiger partial charge in [-0.1, -0.05) is 0 Å². The van der Waals surface area contributed by atoms with Crippen LogP contribution in [0.4, 0.5) is 0 Å². The molecule has 0 heterocycles. The number of rotatable bonds is 0. The Hall–Kier alpha value is 3.27. The average Bonchev–Trinajstić information content (AvgIpc) is 1.25. The summed E-state index contributed by atoms with van der Waals surface area (Å²) >= 11 is -8.03. The van der Waals surface area contributed by atoms with Crippen molar-refractivity contribution in [3.63, 3.8) is 0 Å². The van der Waals surface area contributed by atoms with Gasteiger partial charge in [-0.05, 0) is 0 Å². The molecule has 0 aromatic heterocycles. The van der Waals surface area contributed by atoms with E-state index in [-0.39, 0.29) is 70.3 Å². The van der Waals surface area contributed by atoms with Crippen LogP contribution in [-0.4, -0.2) is 0 Å². The Morgan fingerprint density at radius 2 is 0.667 bits per heavy atom. The normalized spacial score (nSPS) is 8.00. The van der Waals surface area contributed by atoms with Gasteiger partial charge >= 0.3 is 70.3 Å². The molecule has 0 aliphatic rings. The van der Waals surface area contributed by atoms with Gasteiger partial charge in [0.05, 0.1) is 0 Å². The Morgan fingerprint density at radius 3 is 0.667 bits per heavy atom. The monoisotopic (exact) mass is 484 g/mol. The van der Waals surface area contributed by atoms with Crippen LogP contribution in [-0.2, 0) is 0 Å². The zero-order valence-corrected chi connectivity index (χ0v) is 14.8. The second kappa shape index (κ2) is 13.8. The maximum absolute atomic E-state index is 8.57. The van der Waals surface area contributed by atoms with Crippen molar-refractivity contribution in [2.45, 2.75) is 0 Å². The van der Waals surface area contributed by atoms with Crippen molar-refractivity contribution in [3.05, 3.63) is 0 Å². The Labute approximate surface area is 129 Å². The molecule has 0 aliphatic heterocycles. The van der Waals surface area contributed by atoms with Crippen molar-refractivity contribution >= 4 is 0 Å². The molecule has 6 nitrogen and oxygen atoms in total. The van der Waals surface area contributed by atoms with Crippen molar-refractivity contribution in [1.82, 2.24) is 0 Å². The van der Waals surface area contributed by atoms with Crippen LogP contribution in [0.25, 0.3) is 0 Å². The van der Waals surface area contributed by atoms with Crippen LogP contribution in [0.15, 0.2) is 0 Å². The molecule has 0 fully saturated rings. The second-order valence-electron chi connectivity index (χ2n) is 0.378. The maximum atomic E-state index is 8.57. The first-order valence-corrected chi connectivity index (χ1v) is 6.21. The summed E-state index contributed by atoms with van der Waals surface area (Å²) in [6, 6.07) is 0. The van der Waals surface area contributed by atoms with E-state index in [1.807, 2.05) is 0 Å². The van der Waals surface area contributed by atoms with Crippen molar-refractivity contribution in [2.24, 2.45) is 0 Å². The van der Waals surface area contributed by atoms with E-state index in [1.54, 1.807) is 0 Å². The fourth-order valence-corrected chi connectivity index (χ4v) is 0. The molecule has 9 heavy (non-hydrogen) atoms. The summed E-state index contributed by atoms with van der Waals surface area (Å²) < 4.78 is 51.4. The van der Waals surface area contributed by atoms with Gasteiger partial charge in [-0.2, -0.15) is 0 Å². The Morgan fingerprint density at radius 1 is 0.667 bits per heavy atom. The molecule has 0 rings (SSSR count). The van der Waals surface area contributed by atoms with Gasteiger partial charge in [-0.3, -0.25) is 0 Å². The van der Waals surface area contributed by atoms with Gasteiger partial charge in [0.25, 0.3) is 42.1 Å². The summed E-state index contributed by atoms with van der Waals surface area (Å²) in [5, 5.41) is 0. The van der Waals surface area contributed by atoms with E-state index in [0.29, 0.717) is 0 Å².